The number of hydrogen-bond donors (Lipinski definition) is 2. The number of rotatable bonds is 6. The zero-order valence-corrected chi connectivity index (χ0v) is 17.0. The molecule has 4 aromatic rings. The summed E-state index contributed by atoms with van der Waals surface area (Å²) in [5, 5.41) is 13.9. The number of pyridine rings is 1. The third-order valence-electron chi connectivity index (χ3n) is 5.39. The van der Waals surface area contributed by atoms with Gasteiger partial charge < -0.3 is 10.1 Å². The summed E-state index contributed by atoms with van der Waals surface area (Å²) in [7, 11) is 0. The van der Waals surface area contributed by atoms with Gasteiger partial charge in [0, 0.05) is 22.8 Å². The maximum atomic E-state index is 12.4. The fourth-order valence-electron chi connectivity index (χ4n) is 3.83. The predicted octanol–water partition coefficient (Wildman–Crippen LogP) is 4.74. The molecule has 0 unspecified atom stereocenters. The van der Waals surface area contributed by atoms with Crippen LogP contribution in [0.2, 0.25) is 0 Å². The Kier molecular flexibility index (Phi) is 5.31. The van der Waals surface area contributed by atoms with Gasteiger partial charge in [-0.2, -0.15) is 0 Å². The van der Waals surface area contributed by atoms with Crippen LogP contribution in [-0.4, -0.2) is 28.1 Å². The molecule has 4 rings (SSSR count). The molecule has 2 N–H and O–H groups in total. The lowest BCUT2D eigenvalue weighted by Crippen LogP contribution is -2.21. The molecule has 28 heavy (non-hydrogen) atoms. The maximum Gasteiger partial charge on any atom is 0.266 e. The number of aliphatic hydroxyl groups is 1. The Morgan fingerprint density at radius 2 is 1.79 bits per heavy atom. The second-order valence-electron chi connectivity index (χ2n) is 6.96. The van der Waals surface area contributed by atoms with Crippen molar-refractivity contribution in [2.24, 2.45) is 0 Å². The van der Waals surface area contributed by atoms with Crippen LogP contribution in [0.1, 0.15) is 25.0 Å². The number of H-pyrrole nitrogens is 1. The lowest BCUT2D eigenvalue weighted by Gasteiger charge is -2.18. The molecule has 2 aromatic heterocycles. The fraction of sp³-hybridized carbons (Fsp3) is 0.261. The van der Waals surface area contributed by atoms with Gasteiger partial charge in [-0.3, -0.25) is 9.69 Å². The van der Waals surface area contributed by atoms with Crippen molar-refractivity contribution in [3.05, 3.63) is 69.3 Å². The van der Waals surface area contributed by atoms with Crippen molar-refractivity contribution in [1.29, 1.82) is 0 Å². The summed E-state index contributed by atoms with van der Waals surface area (Å²) < 4.78 is 0.724. The van der Waals surface area contributed by atoms with Gasteiger partial charge in [-0.15, -0.1) is 11.3 Å². The number of hydrogen-bond acceptors (Lipinski definition) is 4. The van der Waals surface area contributed by atoms with Crippen LogP contribution < -0.4 is 5.56 Å². The van der Waals surface area contributed by atoms with Crippen molar-refractivity contribution in [2.45, 2.75) is 27.0 Å². The van der Waals surface area contributed by atoms with Crippen LogP contribution in [0.15, 0.2) is 52.6 Å². The molecule has 0 aliphatic carbocycles. The monoisotopic (exact) mass is 392 g/mol. The third kappa shape index (κ3) is 3.26. The highest BCUT2D eigenvalue weighted by Crippen LogP contribution is 2.36. The topological polar surface area (TPSA) is 56.3 Å². The van der Waals surface area contributed by atoms with Crippen LogP contribution in [0.4, 0.5) is 0 Å². The highest BCUT2D eigenvalue weighted by molar-refractivity contribution is 7.17. The third-order valence-corrected chi connectivity index (χ3v) is 6.31. The van der Waals surface area contributed by atoms with E-state index < -0.39 is 0 Å². The Morgan fingerprint density at radius 1 is 1.04 bits per heavy atom. The minimum absolute atomic E-state index is 0.0444. The molecule has 0 aliphatic rings. The lowest BCUT2D eigenvalue weighted by molar-refractivity contribution is 0.282. The summed E-state index contributed by atoms with van der Waals surface area (Å²) in [6.07, 6.45) is 0. The van der Waals surface area contributed by atoms with Crippen molar-refractivity contribution in [3.63, 3.8) is 0 Å². The Bertz CT molecular complexity index is 1170. The van der Waals surface area contributed by atoms with Crippen LogP contribution in [-0.2, 0) is 13.2 Å². The first-order chi connectivity index (χ1) is 13.7. The summed E-state index contributed by atoms with van der Waals surface area (Å²) in [5.41, 5.74) is 4.92. The number of fused-ring (bicyclic) bond motifs is 3. The Hall–Kier alpha value is -2.47. The summed E-state index contributed by atoms with van der Waals surface area (Å²) in [5.74, 6) is 0. The van der Waals surface area contributed by atoms with E-state index in [1.807, 2.05) is 23.6 Å². The molecular weight excluding hydrogens is 368 g/mol. The molecule has 2 aromatic carbocycles. The SMILES string of the molecule is CCN(CC)Cc1ccc(-c2c(CO)ccc3[nH]c(=O)c4sccc4c23)cc1. The number of thiophene rings is 1. The van der Waals surface area contributed by atoms with Crippen molar-refractivity contribution < 1.29 is 5.11 Å². The molecule has 144 valence electrons. The van der Waals surface area contributed by atoms with Gasteiger partial charge in [0.2, 0.25) is 0 Å². The summed E-state index contributed by atoms with van der Waals surface area (Å²) in [4.78, 5) is 17.7. The van der Waals surface area contributed by atoms with Gasteiger partial charge in [-0.1, -0.05) is 44.2 Å². The van der Waals surface area contributed by atoms with Crippen molar-refractivity contribution >= 4 is 32.3 Å². The van der Waals surface area contributed by atoms with Crippen LogP contribution >= 0.6 is 11.3 Å². The van der Waals surface area contributed by atoms with Gasteiger partial charge in [0.25, 0.3) is 5.56 Å². The van der Waals surface area contributed by atoms with Crippen LogP contribution in [0, 0.1) is 0 Å². The van der Waals surface area contributed by atoms with Gasteiger partial charge in [-0.05, 0) is 52.9 Å². The molecule has 0 saturated heterocycles. The van der Waals surface area contributed by atoms with Gasteiger partial charge in [0.15, 0.2) is 0 Å². The molecule has 5 heteroatoms. The van der Waals surface area contributed by atoms with E-state index in [0.29, 0.717) is 0 Å². The Morgan fingerprint density at radius 3 is 2.46 bits per heavy atom. The van der Waals surface area contributed by atoms with Crippen molar-refractivity contribution in [2.75, 3.05) is 13.1 Å². The lowest BCUT2D eigenvalue weighted by atomic mass is 9.93. The average molecular weight is 393 g/mol. The Labute approximate surface area is 168 Å². The van der Waals surface area contributed by atoms with Crippen LogP contribution in [0.3, 0.4) is 0 Å². The number of aromatic amines is 1. The van der Waals surface area contributed by atoms with E-state index in [1.54, 1.807) is 0 Å². The first-order valence-electron chi connectivity index (χ1n) is 9.63. The largest absolute Gasteiger partial charge is 0.392 e. The van der Waals surface area contributed by atoms with Gasteiger partial charge >= 0.3 is 0 Å². The molecule has 0 amide bonds. The number of nitrogens with one attached hydrogen (secondary N) is 1. The van der Waals surface area contributed by atoms with E-state index >= 15 is 0 Å². The van der Waals surface area contributed by atoms with Gasteiger partial charge in [0.05, 0.1) is 6.61 Å². The Balaban J connectivity index is 1.90. The van der Waals surface area contributed by atoms with E-state index in [4.69, 9.17) is 0 Å². The van der Waals surface area contributed by atoms with Crippen LogP contribution in [0.25, 0.3) is 32.1 Å². The van der Waals surface area contributed by atoms with E-state index in [1.165, 1.54) is 16.9 Å². The molecule has 4 nitrogen and oxygen atoms in total. The first kappa shape index (κ1) is 18.9. The van der Waals surface area contributed by atoms with Crippen molar-refractivity contribution in [1.82, 2.24) is 9.88 Å². The molecule has 0 bridgehead atoms. The zero-order chi connectivity index (χ0) is 19.7. The minimum Gasteiger partial charge on any atom is -0.392 e. The molecular formula is C23H24N2O2S. The van der Waals surface area contributed by atoms with Gasteiger partial charge in [0.1, 0.15) is 4.70 Å². The summed E-state index contributed by atoms with van der Waals surface area (Å²) in [6.45, 7) is 7.29. The van der Waals surface area contributed by atoms with E-state index in [9.17, 15) is 9.90 Å². The summed E-state index contributed by atoms with van der Waals surface area (Å²) in [6, 6.07) is 14.3. The number of nitrogens with zero attached hydrogens (tertiary/aromatic N) is 1. The van der Waals surface area contributed by atoms with E-state index in [0.717, 1.165) is 57.3 Å². The molecule has 0 atom stereocenters. The minimum atomic E-state index is -0.0604. The second kappa shape index (κ2) is 7.87. The first-order valence-corrected chi connectivity index (χ1v) is 10.5. The smallest absolute Gasteiger partial charge is 0.266 e. The molecule has 0 aliphatic heterocycles. The van der Waals surface area contributed by atoms with E-state index in [2.05, 4.69) is 48.0 Å². The van der Waals surface area contributed by atoms with Crippen LogP contribution in [0.5, 0.6) is 0 Å². The normalized spacial score (nSPS) is 11.7. The number of aliphatic hydroxyl groups excluding tert-OH is 1. The quantitative estimate of drug-likeness (QED) is 0.498. The maximum absolute atomic E-state index is 12.4. The van der Waals surface area contributed by atoms with E-state index in [-0.39, 0.29) is 12.2 Å². The fourth-order valence-corrected chi connectivity index (χ4v) is 4.63. The molecule has 0 radical (unpaired) electrons. The highest BCUT2D eigenvalue weighted by atomic mass is 32.1. The highest BCUT2D eigenvalue weighted by Gasteiger charge is 2.15. The molecule has 0 fully saturated rings. The second-order valence-corrected chi connectivity index (χ2v) is 7.87. The zero-order valence-electron chi connectivity index (χ0n) is 16.2. The number of benzene rings is 2. The summed E-state index contributed by atoms with van der Waals surface area (Å²) >= 11 is 1.45. The molecule has 2 heterocycles. The molecule has 0 spiro atoms. The molecule has 0 saturated carbocycles. The average Bonchev–Trinajstić information content (AvgIpc) is 3.22. The van der Waals surface area contributed by atoms with Gasteiger partial charge in [-0.25, -0.2) is 0 Å². The number of aromatic nitrogens is 1. The predicted molar refractivity (Wildman–Crippen MR) is 118 cm³/mol. The standard InChI is InChI=1S/C23H24N2O2S/c1-3-25(4-2)13-15-5-7-16(8-6-15)20-17(14-26)9-10-19-21(20)18-11-12-28-22(18)23(27)24-19/h5-12,26H,3-4,13-14H2,1-2H3,(H,24,27). The van der Waals surface area contributed by atoms with Crippen molar-refractivity contribution in [3.8, 4) is 11.1 Å².